The Bertz CT molecular complexity index is 638. The Labute approximate surface area is 115 Å². The number of nitrogens with zero attached hydrogens (tertiary/aromatic N) is 1. The van der Waals surface area contributed by atoms with Crippen molar-refractivity contribution in [2.75, 3.05) is 11.9 Å². The van der Waals surface area contributed by atoms with Gasteiger partial charge in [0.15, 0.2) is 0 Å². The first-order chi connectivity index (χ1) is 9.20. The number of thiophene rings is 1. The summed E-state index contributed by atoms with van der Waals surface area (Å²) < 4.78 is 0. The van der Waals surface area contributed by atoms with E-state index in [0.717, 1.165) is 16.1 Å². The number of aromatic nitrogens is 1. The van der Waals surface area contributed by atoms with E-state index < -0.39 is 0 Å². The van der Waals surface area contributed by atoms with Crippen molar-refractivity contribution in [3.8, 4) is 11.8 Å². The lowest BCUT2D eigenvalue weighted by atomic mass is 10.2. The van der Waals surface area contributed by atoms with E-state index in [4.69, 9.17) is 5.73 Å². The van der Waals surface area contributed by atoms with E-state index in [1.165, 1.54) is 11.3 Å². The number of amides is 1. The maximum absolute atomic E-state index is 12.1. The van der Waals surface area contributed by atoms with Gasteiger partial charge >= 0.3 is 0 Å². The first-order valence-electron chi connectivity index (χ1n) is 5.71. The predicted molar refractivity (Wildman–Crippen MR) is 77.2 cm³/mol. The van der Waals surface area contributed by atoms with Gasteiger partial charge in [0.1, 0.15) is 0 Å². The van der Waals surface area contributed by atoms with Gasteiger partial charge in [-0.1, -0.05) is 11.8 Å². The molecule has 2 aromatic heterocycles. The third-order valence-electron chi connectivity index (χ3n) is 2.38. The summed E-state index contributed by atoms with van der Waals surface area (Å²) in [6, 6.07) is 5.32. The van der Waals surface area contributed by atoms with E-state index >= 15 is 0 Å². The average Bonchev–Trinajstić information content (AvgIpc) is 2.79. The van der Waals surface area contributed by atoms with Crippen molar-refractivity contribution in [3.63, 3.8) is 0 Å². The molecule has 2 heterocycles. The smallest absolute Gasteiger partial charge is 0.265 e. The molecule has 0 aliphatic rings. The Balaban J connectivity index is 2.16. The second kappa shape index (κ2) is 6.14. The number of hydrogen-bond acceptors (Lipinski definition) is 4. The standard InChI is InChI=1S/C14H13N3OS/c1-10-9-13(19-12(10)3-2-6-15)14(18)17-11-4-7-16-8-5-11/h4-5,7-9H,6,15H2,1H3,(H,16,17,18). The lowest BCUT2D eigenvalue weighted by molar-refractivity contribution is 0.103. The molecule has 0 aliphatic heterocycles. The quantitative estimate of drug-likeness (QED) is 0.821. The number of nitrogens with one attached hydrogen (secondary N) is 1. The maximum atomic E-state index is 12.1. The van der Waals surface area contributed by atoms with Crippen molar-refractivity contribution >= 4 is 22.9 Å². The molecule has 0 atom stereocenters. The van der Waals surface area contributed by atoms with Crippen molar-refractivity contribution in [2.45, 2.75) is 6.92 Å². The van der Waals surface area contributed by atoms with Crippen LogP contribution in [-0.4, -0.2) is 17.4 Å². The Hall–Kier alpha value is -2.16. The molecular formula is C14H13N3OS. The molecule has 0 aliphatic carbocycles. The fourth-order valence-electron chi connectivity index (χ4n) is 1.48. The number of nitrogens with two attached hydrogens (primary N) is 1. The van der Waals surface area contributed by atoms with Crippen LogP contribution in [0.25, 0.3) is 0 Å². The van der Waals surface area contributed by atoms with E-state index in [-0.39, 0.29) is 5.91 Å². The summed E-state index contributed by atoms with van der Waals surface area (Å²) in [5, 5.41) is 2.81. The number of carbonyl (C=O) groups excluding carboxylic acids is 1. The summed E-state index contributed by atoms with van der Waals surface area (Å²) in [6.45, 7) is 2.25. The highest BCUT2D eigenvalue weighted by atomic mass is 32.1. The normalized spacial score (nSPS) is 9.58. The second-order valence-electron chi connectivity index (χ2n) is 3.82. The van der Waals surface area contributed by atoms with Crippen LogP contribution in [0.15, 0.2) is 30.6 Å². The SMILES string of the molecule is Cc1cc(C(=O)Nc2ccncc2)sc1C#CCN. The highest BCUT2D eigenvalue weighted by Gasteiger charge is 2.11. The van der Waals surface area contributed by atoms with Gasteiger partial charge in [0.25, 0.3) is 5.91 Å². The molecule has 0 unspecified atom stereocenters. The molecule has 2 rings (SSSR count). The van der Waals surface area contributed by atoms with E-state index in [9.17, 15) is 4.79 Å². The average molecular weight is 271 g/mol. The Morgan fingerprint density at radius 1 is 1.47 bits per heavy atom. The molecule has 0 aromatic carbocycles. The van der Waals surface area contributed by atoms with Crippen molar-refractivity contribution in [2.24, 2.45) is 5.73 Å². The lowest BCUT2D eigenvalue weighted by Gasteiger charge is -2.01. The predicted octanol–water partition coefficient (Wildman–Crippen LogP) is 2.01. The third-order valence-corrected chi connectivity index (χ3v) is 3.54. The molecule has 19 heavy (non-hydrogen) atoms. The van der Waals surface area contributed by atoms with Gasteiger partial charge in [-0.25, -0.2) is 0 Å². The largest absolute Gasteiger partial charge is 0.321 e. The number of pyridine rings is 1. The first kappa shape index (κ1) is 13.3. The maximum Gasteiger partial charge on any atom is 0.265 e. The number of aryl methyl sites for hydroxylation is 1. The van der Waals surface area contributed by atoms with Crippen LogP contribution < -0.4 is 11.1 Å². The van der Waals surface area contributed by atoms with Crippen molar-refractivity contribution in [1.82, 2.24) is 4.98 Å². The molecule has 1 amide bonds. The van der Waals surface area contributed by atoms with Crippen LogP contribution in [0.1, 0.15) is 20.1 Å². The van der Waals surface area contributed by atoms with Crippen LogP contribution in [0.2, 0.25) is 0 Å². The highest BCUT2D eigenvalue weighted by molar-refractivity contribution is 7.14. The molecule has 0 saturated heterocycles. The first-order valence-corrected chi connectivity index (χ1v) is 6.53. The molecule has 2 aromatic rings. The topological polar surface area (TPSA) is 68.0 Å². The molecule has 4 nitrogen and oxygen atoms in total. The second-order valence-corrected chi connectivity index (χ2v) is 4.87. The van der Waals surface area contributed by atoms with Crippen LogP contribution in [0.4, 0.5) is 5.69 Å². The Morgan fingerprint density at radius 2 is 2.21 bits per heavy atom. The Kier molecular flexibility index (Phi) is 4.29. The van der Waals surface area contributed by atoms with E-state index in [2.05, 4.69) is 22.1 Å². The zero-order valence-electron chi connectivity index (χ0n) is 10.4. The fraction of sp³-hybridized carbons (Fsp3) is 0.143. The van der Waals surface area contributed by atoms with Gasteiger partial charge in [-0.2, -0.15) is 0 Å². The minimum absolute atomic E-state index is 0.139. The molecular weight excluding hydrogens is 258 g/mol. The number of rotatable bonds is 2. The van der Waals surface area contributed by atoms with Gasteiger partial charge in [-0.15, -0.1) is 11.3 Å². The van der Waals surface area contributed by atoms with Gasteiger partial charge in [0.05, 0.1) is 16.3 Å². The van der Waals surface area contributed by atoms with Gasteiger partial charge in [-0.05, 0) is 30.7 Å². The van der Waals surface area contributed by atoms with Crippen molar-refractivity contribution < 1.29 is 4.79 Å². The molecule has 96 valence electrons. The monoisotopic (exact) mass is 271 g/mol. The number of hydrogen-bond donors (Lipinski definition) is 2. The Morgan fingerprint density at radius 3 is 2.89 bits per heavy atom. The minimum atomic E-state index is -0.139. The summed E-state index contributed by atoms with van der Waals surface area (Å²) in [5.74, 6) is 5.62. The summed E-state index contributed by atoms with van der Waals surface area (Å²) in [7, 11) is 0. The molecule has 0 radical (unpaired) electrons. The van der Waals surface area contributed by atoms with E-state index in [1.807, 2.05) is 13.0 Å². The summed E-state index contributed by atoms with van der Waals surface area (Å²) >= 11 is 1.37. The van der Waals surface area contributed by atoms with Crippen LogP contribution in [0.3, 0.4) is 0 Å². The lowest BCUT2D eigenvalue weighted by Crippen LogP contribution is -2.09. The van der Waals surface area contributed by atoms with Crippen LogP contribution in [-0.2, 0) is 0 Å². The molecule has 0 fully saturated rings. The van der Waals surface area contributed by atoms with Gasteiger partial charge < -0.3 is 11.1 Å². The van der Waals surface area contributed by atoms with Crippen molar-refractivity contribution in [1.29, 1.82) is 0 Å². The molecule has 3 N–H and O–H groups in total. The van der Waals surface area contributed by atoms with Gasteiger partial charge in [-0.3, -0.25) is 9.78 Å². The van der Waals surface area contributed by atoms with Crippen LogP contribution in [0, 0.1) is 18.8 Å². The summed E-state index contributed by atoms with van der Waals surface area (Å²) in [4.78, 5) is 17.5. The van der Waals surface area contributed by atoms with Gasteiger partial charge in [0.2, 0.25) is 0 Å². The third kappa shape index (κ3) is 3.41. The number of anilines is 1. The van der Waals surface area contributed by atoms with Gasteiger partial charge in [0, 0.05) is 18.1 Å². The van der Waals surface area contributed by atoms with Crippen LogP contribution >= 0.6 is 11.3 Å². The van der Waals surface area contributed by atoms with E-state index in [1.54, 1.807) is 24.5 Å². The zero-order chi connectivity index (χ0) is 13.7. The summed E-state index contributed by atoms with van der Waals surface area (Å²) in [6.07, 6.45) is 3.26. The molecule has 0 saturated carbocycles. The molecule has 5 heteroatoms. The minimum Gasteiger partial charge on any atom is -0.321 e. The van der Waals surface area contributed by atoms with Crippen LogP contribution in [0.5, 0.6) is 0 Å². The van der Waals surface area contributed by atoms with E-state index in [0.29, 0.717) is 11.4 Å². The zero-order valence-corrected chi connectivity index (χ0v) is 11.3. The molecule has 0 spiro atoms. The highest BCUT2D eigenvalue weighted by Crippen LogP contribution is 2.22. The fourth-order valence-corrected chi connectivity index (χ4v) is 2.42. The van der Waals surface area contributed by atoms with Crippen molar-refractivity contribution in [3.05, 3.63) is 45.9 Å². The molecule has 0 bridgehead atoms. The number of carbonyl (C=O) groups is 1. The summed E-state index contributed by atoms with van der Waals surface area (Å²) in [5.41, 5.74) is 7.06.